The van der Waals surface area contributed by atoms with Crippen molar-refractivity contribution in [3.05, 3.63) is 41.7 Å². The molecule has 0 saturated carbocycles. The van der Waals surface area contributed by atoms with Crippen LogP contribution in [-0.2, 0) is 18.3 Å². The number of amides is 2. The van der Waals surface area contributed by atoms with Gasteiger partial charge in [-0.2, -0.15) is 5.10 Å². The lowest BCUT2D eigenvalue weighted by Gasteiger charge is -2.32. The van der Waals surface area contributed by atoms with Crippen molar-refractivity contribution in [2.75, 3.05) is 45.2 Å². The lowest BCUT2D eigenvalue weighted by atomic mass is 9.91. The van der Waals surface area contributed by atoms with Crippen LogP contribution in [0.3, 0.4) is 0 Å². The average molecular weight is 440 g/mol. The second kappa shape index (κ2) is 10.2. The number of hydrogen-bond acceptors (Lipinski definition) is 5. The summed E-state index contributed by atoms with van der Waals surface area (Å²) in [5.41, 5.74) is 2.18. The summed E-state index contributed by atoms with van der Waals surface area (Å²) in [7, 11) is 3.46. The van der Waals surface area contributed by atoms with Gasteiger partial charge in [-0.25, -0.2) is 0 Å². The zero-order chi connectivity index (χ0) is 22.5. The number of hydrogen-bond donors (Lipinski definition) is 1. The minimum Gasteiger partial charge on any atom is -0.497 e. The number of anilines is 1. The van der Waals surface area contributed by atoms with E-state index < -0.39 is 0 Å². The topological polar surface area (TPSA) is 79.7 Å². The molecule has 0 radical (unpaired) electrons. The first-order valence-electron chi connectivity index (χ1n) is 11.5. The molecule has 2 aliphatic rings. The van der Waals surface area contributed by atoms with E-state index in [1.807, 2.05) is 36.2 Å². The minimum absolute atomic E-state index is 0.146. The highest BCUT2D eigenvalue weighted by atomic mass is 16.5. The largest absolute Gasteiger partial charge is 0.497 e. The first kappa shape index (κ1) is 22.3. The molecule has 1 N–H and O–H groups in total. The van der Waals surface area contributed by atoms with Crippen LogP contribution in [0.5, 0.6) is 5.75 Å². The molecule has 32 heavy (non-hydrogen) atoms. The van der Waals surface area contributed by atoms with Gasteiger partial charge in [-0.3, -0.25) is 19.2 Å². The summed E-state index contributed by atoms with van der Waals surface area (Å²) in [6, 6.07) is 7.29. The van der Waals surface area contributed by atoms with Gasteiger partial charge < -0.3 is 15.0 Å². The van der Waals surface area contributed by atoms with E-state index in [0.717, 1.165) is 75.4 Å². The molecule has 0 atom stereocenters. The predicted octanol–water partition coefficient (Wildman–Crippen LogP) is 2.56. The molecule has 4 rings (SSSR count). The van der Waals surface area contributed by atoms with Crippen LogP contribution in [0.4, 0.5) is 5.69 Å². The van der Waals surface area contributed by atoms with E-state index in [1.165, 1.54) is 0 Å². The highest BCUT2D eigenvalue weighted by molar-refractivity contribution is 6.05. The minimum atomic E-state index is -0.146. The molecule has 3 heterocycles. The van der Waals surface area contributed by atoms with Gasteiger partial charge >= 0.3 is 0 Å². The van der Waals surface area contributed by atoms with Gasteiger partial charge in [-0.1, -0.05) is 0 Å². The first-order valence-corrected chi connectivity index (χ1v) is 11.5. The van der Waals surface area contributed by atoms with Crippen molar-refractivity contribution in [1.82, 2.24) is 19.6 Å². The Morgan fingerprint density at radius 2 is 1.78 bits per heavy atom. The fourth-order valence-corrected chi connectivity index (χ4v) is 4.63. The summed E-state index contributed by atoms with van der Waals surface area (Å²) >= 11 is 0. The molecule has 2 amide bonds. The van der Waals surface area contributed by atoms with Crippen molar-refractivity contribution in [3.63, 3.8) is 0 Å². The van der Waals surface area contributed by atoms with Gasteiger partial charge in [0.05, 0.1) is 24.9 Å². The van der Waals surface area contributed by atoms with Crippen molar-refractivity contribution in [2.45, 2.75) is 32.1 Å². The molecule has 2 saturated heterocycles. The van der Waals surface area contributed by atoms with Crippen LogP contribution in [0, 0.1) is 5.92 Å². The van der Waals surface area contributed by atoms with Crippen LogP contribution in [0.25, 0.3) is 0 Å². The highest BCUT2D eigenvalue weighted by Gasteiger charge is 2.26. The Morgan fingerprint density at radius 1 is 1.09 bits per heavy atom. The third-order valence-electron chi connectivity index (χ3n) is 6.50. The van der Waals surface area contributed by atoms with Gasteiger partial charge in [0.15, 0.2) is 0 Å². The number of piperidine rings is 1. The fraction of sp³-hybridized carbons (Fsp3) is 0.542. The molecule has 0 unspecified atom stereocenters. The van der Waals surface area contributed by atoms with Gasteiger partial charge in [-0.05, 0) is 75.4 Å². The van der Waals surface area contributed by atoms with Crippen molar-refractivity contribution < 1.29 is 14.3 Å². The first-order chi connectivity index (χ1) is 15.5. The van der Waals surface area contributed by atoms with E-state index in [9.17, 15) is 9.59 Å². The quantitative estimate of drug-likeness (QED) is 0.717. The van der Waals surface area contributed by atoms with E-state index in [0.29, 0.717) is 18.0 Å². The molecule has 1 aromatic carbocycles. The van der Waals surface area contributed by atoms with Crippen LogP contribution in [0.15, 0.2) is 30.5 Å². The van der Waals surface area contributed by atoms with E-state index in [4.69, 9.17) is 4.74 Å². The summed E-state index contributed by atoms with van der Waals surface area (Å²) in [5, 5.41) is 7.53. The average Bonchev–Trinajstić information content (AvgIpc) is 3.46. The standard InChI is InChI=1S/C24H33N5O3/c1-27-16-21(24(31)25-19-5-7-20(32-2)8-6-19)22(26-27)15-18-9-13-28(14-10-18)17-23(30)29-11-3-4-12-29/h5-8,16,18H,3-4,9-15,17H2,1-2H3,(H,25,31). The zero-order valence-corrected chi connectivity index (χ0v) is 19.0. The van der Waals surface area contributed by atoms with Crippen molar-refractivity contribution in [2.24, 2.45) is 13.0 Å². The zero-order valence-electron chi connectivity index (χ0n) is 19.0. The number of benzene rings is 1. The van der Waals surface area contributed by atoms with Crippen molar-refractivity contribution in [1.29, 1.82) is 0 Å². The lowest BCUT2D eigenvalue weighted by molar-refractivity contribution is -0.131. The monoisotopic (exact) mass is 439 g/mol. The van der Waals surface area contributed by atoms with Gasteiger partial charge in [0.25, 0.3) is 5.91 Å². The number of methoxy groups -OCH3 is 1. The van der Waals surface area contributed by atoms with Crippen molar-refractivity contribution >= 4 is 17.5 Å². The van der Waals surface area contributed by atoms with E-state index in [1.54, 1.807) is 18.0 Å². The fourth-order valence-electron chi connectivity index (χ4n) is 4.63. The molecule has 2 aliphatic heterocycles. The number of rotatable bonds is 7. The Labute approximate surface area is 189 Å². The Balaban J connectivity index is 1.31. The Morgan fingerprint density at radius 3 is 2.44 bits per heavy atom. The second-order valence-electron chi connectivity index (χ2n) is 8.86. The maximum Gasteiger partial charge on any atom is 0.259 e. The van der Waals surface area contributed by atoms with E-state index in [-0.39, 0.29) is 11.8 Å². The normalized spacial score (nSPS) is 17.5. The molecule has 2 fully saturated rings. The number of nitrogens with one attached hydrogen (secondary N) is 1. The van der Waals surface area contributed by atoms with E-state index >= 15 is 0 Å². The number of likely N-dealkylation sites (tertiary alicyclic amines) is 2. The molecular weight excluding hydrogens is 406 g/mol. The Bertz CT molecular complexity index is 926. The molecule has 2 aromatic rings. The third-order valence-corrected chi connectivity index (χ3v) is 6.50. The number of aryl methyl sites for hydroxylation is 1. The molecule has 0 aliphatic carbocycles. The van der Waals surface area contributed by atoms with Crippen LogP contribution in [0.2, 0.25) is 0 Å². The number of nitrogens with zero attached hydrogens (tertiary/aromatic N) is 4. The summed E-state index contributed by atoms with van der Waals surface area (Å²) in [5.74, 6) is 1.34. The molecular formula is C24H33N5O3. The predicted molar refractivity (Wildman–Crippen MR) is 123 cm³/mol. The Kier molecular flexibility index (Phi) is 7.09. The smallest absolute Gasteiger partial charge is 0.259 e. The number of aromatic nitrogens is 2. The summed E-state index contributed by atoms with van der Waals surface area (Å²) in [4.78, 5) is 29.6. The van der Waals surface area contributed by atoms with Crippen LogP contribution in [0.1, 0.15) is 41.7 Å². The maximum absolute atomic E-state index is 12.9. The molecule has 0 spiro atoms. The van der Waals surface area contributed by atoms with Crippen LogP contribution < -0.4 is 10.1 Å². The van der Waals surface area contributed by atoms with Gasteiger partial charge in [0, 0.05) is 32.0 Å². The number of ether oxygens (including phenoxy) is 1. The van der Waals surface area contributed by atoms with Crippen LogP contribution >= 0.6 is 0 Å². The summed E-state index contributed by atoms with van der Waals surface area (Å²) in [6.45, 7) is 4.20. The number of carbonyl (C=O) groups excluding carboxylic acids is 2. The van der Waals surface area contributed by atoms with Crippen molar-refractivity contribution in [3.8, 4) is 5.75 Å². The molecule has 1 aromatic heterocycles. The molecule has 8 nitrogen and oxygen atoms in total. The second-order valence-corrected chi connectivity index (χ2v) is 8.86. The van der Waals surface area contributed by atoms with Gasteiger partial charge in [0.2, 0.25) is 5.91 Å². The lowest BCUT2D eigenvalue weighted by Crippen LogP contribution is -2.42. The molecule has 172 valence electrons. The SMILES string of the molecule is COc1ccc(NC(=O)c2cn(C)nc2CC2CCN(CC(=O)N3CCCC3)CC2)cc1. The Hall–Kier alpha value is -2.87. The molecule has 8 heteroatoms. The molecule has 0 bridgehead atoms. The van der Waals surface area contributed by atoms with Gasteiger partial charge in [0.1, 0.15) is 5.75 Å². The number of carbonyl (C=O) groups is 2. The van der Waals surface area contributed by atoms with Gasteiger partial charge in [-0.15, -0.1) is 0 Å². The van der Waals surface area contributed by atoms with E-state index in [2.05, 4.69) is 15.3 Å². The summed E-state index contributed by atoms with van der Waals surface area (Å²) in [6.07, 6.45) is 6.86. The van der Waals surface area contributed by atoms with Crippen LogP contribution in [-0.4, -0.2) is 71.2 Å². The summed E-state index contributed by atoms with van der Waals surface area (Å²) < 4.78 is 6.88. The maximum atomic E-state index is 12.9. The third kappa shape index (κ3) is 5.48. The highest BCUT2D eigenvalue weighted by Crippen LogP contribution is 2.24.